The molecule has 2 fully saturated rings. The summed E-state index contributed by atoms with van der Waals surface area (Å²) >= 11 is 0. The average Bonchev–Trinajstić information content (AvgIpc) is 2.96. The standard InChI is InChI=1S/C24H30BNO5/c1-4-15(12-16-7-5-6-8-19(16)27)9-10-20-21-14(2)11-17-22(18(21)13-25(30)31-20)24(29)26(3)23(17)28/h5-8,12,17-18,20,22,27,30H,4,9-11,13H2,1-3H3/b15-12+/t17-,18+,20-,22-/m1/s1. The van der Waals surface area contributed by atoms with E-state index >= 15 is 0 Å². The van der Waals surface area contributed by atoms with Gasteiger partial charge >= 0.3 is 7.12 Å². The molecule has 2 N–H and O–H groups in total. The van der Waals surface area contributed by atoms with Gasteiger partial charge in [0.05, 0.1) is 17.9 Å². The molecular formula is C24H30BNO5. The number of phenolic OH excluding ortho intramolecular Hbond substituents is 1. The second-order valence-corrected chi connectivity index (χ2v) is 8.98. The molecule has 0 radical (unpaired) electrons. The van der Waals surface area contributed by atoms with Crippen LogP contribution in [0.15, 0.2) is 41.0 Å². The summed E-state index contributed by atoms with van der Waals surface area (Å²) in [5.74, 6) is -0.843. The number of nitrogens with zero attached hydrogens (tertiary/aromatic N) is 1. The number of fused-ring (bicyclic) bond motifs is 3. The van der Waals surface area contributed by atoms with Crippen molar-refractivity contribution in [1.82, 2.24) is 4.90 Å². The minimum Gasteiger partial charge on any atom is -0.507 e. The van der Waals surface area contributed by atoms with Crippen LogP contribution in [0.3, 0.4) is 0 Å². The Balaban J connectivity index is 1.57. The number of aromatic hydroxyl groups is 1. The van der Waals surface area contributed by atoms with E-state index in [9.17, 15) is 19.7 Å². The molecule has 0 aromatic heterocycles. The van der Waals surface area contributed by atoms with Gasteiger partial charge in [-0.25, -0.2) is 0 Å². The topological polar surface area (TPSA) is 87.1 Å². The summed E-state index contributed by atoms with van der Waals surface area (Å²) in [5.41, 5.74) is 4.18. The fourth-order valence-electron chi connectivity index (χ4n) is 5.57. The first-order valence-corrected chi connectivity index (χ1v) is 11.1. The number of hydrogen-bond donors (Lipinski definition) is 2. The maximum absolute atomic E-state index is 12.8. The molecule has 164 valence electrons. The molecule has 1 aromatic carbocycles. The van der Waals surface area contributed by atoms with Gasteiger partial charge in [0, 0.05) is 12.6 Å². The predicted octanol–water partition coefficient (Wildman–Crippen LogP) is 3.41. The smallest absolute Gasteiger partial charge is 0.455 e. The third kappa shape index (κ3) is 3.97. The van der Waals surface area contributed by atoms with E-state index in [4.69, 9.17) is 4.65 Å². The Hall–Kier alpha value is -2.38. The minimum atomic E-state index is -0.939. The molecule has 0 spiro atoms. The van der Waals surface area contributed by atoms with Gasteiger partial charge in [-0.15, -0.1) is 0 Å². The summed E-state index contributed by atoms with van der Waals surface area (Å²) in [6.45, 7) is 4.11. The van der Waals surface area contributed by atoms with E-state index in [0.29, 0.717) is 19.2 Å². The van der Waals surface area contributed by atoms with Gasteiger partial charge in [-0.1, -0.05) is 42.3 Å². The lowest BCUT2D eigenvalue weighted by Crippen LogP contribution is -2.45. The van der Waals surface area contributed by atoms with Crippen molar-refractivity contribution in [3.05, 3.63) is 46.5 Å². The van der Waals surface area contributed by atoms with Crippen molar-refractivity contribution in [3.8, 4) is 5.75 Å². The number of benzene rings is 1. The molecule has 0 unspecified atom stereocenters. The highest BCUT2D eigenvalue weighted by Gasteiger charge is 2.55. The van der Waals surface area contributed by atoms with Crippen molar-refractivity contribution >= 4 is 25.0 Å². The molecule has 3 aliphatic rings. The lowest BCUT2D eigenvalue weighted by molar-refractivity contribution is -0.138. The van der Waals surface area contributed by atoms with Crippen LogP contribution in [-0.2, 0) is 14.2 Å². The number of phenols is 1. The normalized spacial score (nSPS) is 28.8. The van der Waals surface area contributed by atoms with Crippen molar-refractivity contribution < 1.29 is 24.4 Å². The number of carbonyl (C=O) groups is 2. The lowest BCUT2D eigenvalue weighted by atomic mass is 9.59. The molecule has 2 amide bonds. The Bertz CT molecular complexity index is 955. The summed E-state index contributed by atoms with van der Waals surface area (Å²) in [5, 5.41) is 20.5. The second kappa shape index (κ2) is 8.63. The zero-order chi connectivity index (χ0) is 22.3. The van der Waals surface area contributed by atoms with Crippen LogP contribution >= 0.6 is 0 Å². The van der Waals surface area contributed by atoms with E-state index in [-0.39, 0.29) is 41.4 Å². The number of rotatable bonds is 5. The molecule has 6 nitrogen and oxygen atoms in total. The number of carbonyl (C=O) groups excluding carboxylic acids is 2. The summed E-state index contributed by atoms with van der Waals surface area (Å²) in [7, 11) is 0.620. The Kier molecular flexibility index (Phi) is 6.08. The molecule has 1 aromatic rings. The number of amides is 2. The molecule has 1 aliphatic carbocycles. The maximum Gasteiger partial charge on any atom is 0.455 e. The average molecular weight is 423 g/mol. The van der Waals surface area contributed by atoms with Gasteiger partial charge in [-0.2, -0.15) is 0 Å². The first-order valence-electron chi connectivity index (χ1n) is 11.1. The van der Waals surface area contributed by atoms with E-state index < -0.39 is 7.12 Å². The zero-order valence-corrected chi connectivity index (χ0v) is 18.4. The Morgan fingerprint density at radius 2 is 2.00 bits per heavy atom. The van der Waals surface area contributed by atoms with Crippen LogP contribution in [0.1, 0.15) is 45.1 Å². The second-order valence-electron chi connectivity index (χ2n) is 8.98. The van der Waals surface area contributed by atoms with Crippen LogP contribution in [0.2, 0.25) is 6.32 Å². The van der Waals surface area contributed by atoms with Gasteiger partial charge in [-0.3, -0.25) is 14.5 Å². The SMILES string of the molecule is CC/C(=C\c1ccccc1O)CC[C@H]1OB(O)C[C@H]2C1=C(C)C[C@H]1C(=O)N(C)C(=O)[C@H]12. The molecule has 7 heteroatoms. The van der Waals surface area contributed by atoms with E-state index in [1.165, 1.54) is 10.5 Å². The summed E-state index contributed by atoms with van der Waals surface area (Å²) < 4.78 is 5.94. The van der Waals surface area contributed by atoms with E-state index in [2.05, 4.69) is 6.92 Å². The number of imide groups is 1. The molecule has 2 saturated heterocycles. The highest BCUT2D eigenvalue weighted by molar-refractivity contribution is 6.43. The van der Waals surface area contributed by atoms with Gasteiger partial charge < -0.3 is 14.8 Å². The molecule has 0 saturated carbocycles. The van der Waals surface area contributed by atoms with Crippen LogP contribution < -0.4 is 0 Å². The summed E-state index contributed by atoms with van der Waals surface area (Å²) in [4.78, 5) is 26.6. The number of para-hydroxylation sites is 1. The number of hydrogen-bond acceptors (Lipinski definition) is 5. The monoisotopic (exact) mass is 423 g/mol. The van der Waals surface area contributed by atoms with Crippen molar-refractivity contribution in [2.45, 2.75) is 52.0 Å². The summed E-state index contributed by atoms with van der Waals surface area (Å²) in [6.07, 6.45) is 4.95. The van der Waals surface area contributed by atoms with Gasteiger partial charge in [0.2, 0.25) is 11.8 Å². The van der Waals surface area contributed by atoms with Gasteiger partial charge in [0.1, 0.15) is 5.75 Å². The van der Waals surface area contributed by atoms with Crippen LogP contribution in [0, 0.1) is 17.8 Å². The molecular weight excluding hydrogens is 393 g/mol. The van der Waals surface area contributed by atoms with Gasteiger partial charge in [0.15, 0.2) is 0 Å². The Morgan fingerprint density at radius 3 is 2.71 bits per heavy atom. The Morgan fingerprint density at radius 1 is 1.26 bits per heavy atom. The predicted molar refractivity (Wildman–Crippen MR) is 119 cm³/mol. The molecule has 2 heterocycles. The van der Waals surface area contributed by atoms with E-state index in [0.717, 1.165) is 29.6 Å². The van der Waals surface area contributed by atoms with Crippen molar-refractivity contribution in [1.29, 1.82) is 0 Å². The molecule has 2 aliphatic heterocycles. The molecule has 4 atom stereocenters. The number of likely N-dealkylation sites (tertiary alicyclic amines) is 1. The zero-order valence-electron chi connectivity index (χ0n) is 18.4. The van der Waals surface area contributed by atoms with Gasteiger partial charge in [0.25, 0.3) is 0 Å². The highest BCUT2D eigenvalue weighted by Crippen LogP contribution is 2.50. The van der Waals surface area contributed by atoms with Gasteiger partial charge in [-0.05, 0) is 56.5 Å². The van der Waals surface area contributed by atoms with Crippen molar-refractivity contribution in [2.24, 2.45) is 17.8 Å². The molecule has 0 bridgehead atoms. The highest BCUT2D eigenvalue weighted by atomic mass is 16.5. The van der Waals surface area contributed by atoms with Crippen LogP contribution in [0.5, 0.6) is 5.75 Å². The lowest BCUT2D eigenvalue weighted by Gasteiger charge is -2.42. The Labute approximate surface area is 183 Å². The fraction of sp³-hybridized carbons (Fsp3) is 0.500. The third-order valence-corrected chi connectivity index (χ3v) is 7.15. The largest absolute Gasteiger partial charge is 0.507 e. The summed E-state index contributed by atoms with van der Waals surface area (Å²) in [6, 6.07) is 7.25. The van der Waals surface area contributed by atoms with Crippen LogP contribution in [0.25, 0.3) is 6.08 Å². The van der Waals surface area contributed by atoms with E-state index in [1.807, 2.05) is 25.1 Å². The van der Waals surface area contributed by atoms with E-state index in [1.54, 1.807) is 19.2 Å². The van der Waals surface area contributed by atoms with Crippen LogP contribution in [-0.4, -0.2) is 47.1 Å². The third-order valence-electron chi connectivity index (χ3n) is 7.15. The van der Waals surface area contributed by atoms with Crippen molar-refractivity contribution in [3.63, 3.8) is 0 Å². The van der Waals surface area contributed by atoms with Crippen molar-refractivity contribution in [2.75, 3.05) is 7.05 Å². The quantitative estimate of drug-likeness (QED) is 0.431. The molecule has 4 rings (SSSR count). The number of allylic oxidation sites excluding steroid dienone is 2. The minimum absolute atomic E-state index is 0.107. The first-order chi connectivity index (χ1) is 14.8. The molecule has 31 heavy (non-hydrogen) atoms. The maximum atomic E-state index is 12.8. The first kappa shape index (κ1) is 21.8. The fourth-order valence-corrected chi connectivity index (χ4v) is 5.57. The van der Waals surface area contributed by atoms with Crippen LogP contribution in [0.4, 0.5) is 0 Å².